The van der Waals surface area contributed by atoms with Gasteiger partial charge in [0.2, 0.25) is 0 Å². The van der Waals surface area contributed by atoms with Crippen LogP contribution in [0, 0.1) is 5.92 Å². The van der Waals surface area contributed by atoms with Gasteiger partial charge in [-0.2, -0.15) is 0 Å². The summed E-state index contributed by atoms with van der Waals surface area (Å²) >= 11 is 0. The fourth-order valence-corrected chi connectivity index (χ4v) is 3.37. The SMILES string of the molecule is CCCCCCCCCCCC(=O)OC(C)C1CCCC1. The summed E-state index contributed by atoms with van der Waals surface area (Å²) in [6, 6.07) is 0. The molecule has 0 N–H and O–H groups in total. The molecule has 1 fully saturated rings. The Morgan fingerprint density at radius 3 is 2.05 bits per heavy atom. The van der Waals surface area contributed by atoms with Gasteiger partial charge in [-0.25, -0.2) is 0 Å². The lowest BCUT2D eigenvalue weighted by Crippen LogP contribution is -2.22. The van der Waals surface area contributed by atoms with Crippen LogP contribution in [0.1, 0.15) is 104 Å². The third-order valence-corrected chi connectivity index (χ3v) is 4.87. The average molecular weight is 296 g/mol. The van der Waals surface area contributed by atoms with E-state index in [0.717, 1.165) is 6.42 Å². The molecule has 1 rings (SSSR count). The molecule has 0 aromatic heterocycles. The van der Waals surface area contributed by atoms with Crippen molar-refractivity contribution in [2.45, 2.75) is 110 Å². The van der Waals surface area contributed by atoms with Crippen molar-refractivity contribution in [2.75, 3.05) is 0 Å². The zero-order chi connectivity index (χ0) is 15.3. The van der Waals surface area contributed by atoms with Crippen LogP contribution in [-0.4, -0.2) is 12.1 Å². The lowest BCUT2D eigenvalue weighted by molar-refractivity contribution is -0.150. The molecular formula is C19H36O2. The molecule has 1 atom stereocenters. The Hall–Kier alpha value is -0.530. The number of hydrogen-bond donors (Lipinski definition) is 0. The van der Waals surface area contributed by atoms with E-state index in [-0.39, 0.29) is 12.1 Å². The van der Waals surface area contributed by atoms with Crippen molar-refractivity contribution in [1.29, 1.82) is 0 Å². The molecule has 0 aromatic carbocycles. The van der Waals surface area contributed by atoms with E-state index in [2.05, 4.69) is 13.8 Å². The summed E-state index contributed by atoms with van der Waals surface area (Å²) in [6.07, 6.45) is 17.5. The first-order valence-corrected chi connectivity index (χ1v) is 9.43. The molecule has 1 unspecified atom stereocenters. The van der Waals surface area contributed by atoms with Crippen molar-refractivity contribution in [1.82, 2.24) is 0 Å². The molecular weight excluding hydrogens is 260 g/mol. The number of ether oxygens (including phenoxy) is 1. The Balaban J connectivity index is 1.89. The number of unbranched alkanes of at least 4 members (excludes halogenated alkanes) is 8. The number of carbonyl (C=O) groups is 1. The Kier molecular flexibility index (Phi) is 10.6. The van der Waals surface area contributed by atoms with Gasteiger partial charge in [-0.1, -0.05) is 71.1 Å². The Morgan fingerprint density at radius 1 is 0.952 bits per heavy atom. The monoisotopic (exact) mass is 296 g/mol. The van der Waals surface area contributed by atoms with Gasteiger partial charge in [0.1, 0.15) is 6.10 Å². The van der Waals surface area contributed by atoms with E-state index in [1.165, 1.54) is 77.0 Å². The van der Waals surface area contributed by atoms with Gasteiger partial charge in [-0.05, 0) is 32.1 Å². The molecule has 0 spiro atoms. The van der Waals surface area contributed by atoms with Crippen molar-refractivity contribution in [3.05, 3.63) is 0 Å². The summed E-state index contributed by atoms with van der Waals surface area (Å²) < 4.78 is 5.57. The number of esters is 1. The summed E-state index contributed by atoms with van der Waals surface area (Å²) in [4.78, 5) is 11.8. The van der Waals surface area contributed by atoms with Gasteiger partial charge in [-0.15, -0.1) is 0 Å². The highest BCUT2D eigenvalue weighted by Gasteiger charge is 2.24. The third-order valence-electron chi connectivity index (χ3n) is 4.87. The third kappa shape index (κ3) is 9.16. The first-order valence-electron chi connectivity index (χ1n) is 9.43. The van der Waals surface area contributed by atoms with E-state index in [4.69, 9.17) is 4.74 Å². The minimum absolute atomic E-state index is 0.0253. The lowest BCUT2D eigenvalue weighted by atomic mass is 10.0. The minimum atomic E-state index is 0.0253. The van der Waals surface area contributed by atoms with Gasteiger partial charge < -0.3 is 4.74 Å². The van der Waals surface area contributed by atoms with E-state index in [1.54, 1.807) is 0 Å². The maximum atomic E-state index is 11.8. The summed E-state index contributed by atoms with van der Waals surface area (Å²) in [6.45, 7) is 4.33. The molecule has 124 valence electrons. The van der Waals surface area contributed by atoms with E-state index in [0.29, 0.717) is 12.3 Å². The normalized spacial score (nSPS) is 17.0. The quantitative estimate of drug-likeness (QED) is 0.325. The molecule has 0 saturated heterocycles. The maximum absolute atomic E-state index is 11.8. The minimum Gasteiger partial charge on any atom is -0.462 e. The molecule has 2 nitrogen and oxygen atoms in total. The number of hydrogen-bond acceptors (Lipinski definition) is 2. The highest BCUT2D eigenvalue weighted by Crippen LogP contribution is 2.29. The fourth-order valence-electron chi connectivity index (χ4n) is 3.37. The van der Waals surface area contributed by atoms with Crippen LogP contribution in [-0.2, 0) is 9.53 Å². The second-order valence-corrected chi connectivity index (χ2v) is 6.82. The molecule has 21 heavy (non-hydrogen) atoms. The molecule has 0 heterocycles. The summed E-state index contributed by atoms with van der Waals surface area (Å²) in [5.41, 5.74) is 0. The van der Waals surface area contributed by atoms with Crippen LogP contribution in [0.4, 0.5) is 0 Å². The molecule has 0 amide bonds. The number of carbonyl (C=O) groups excluding carboxylic acids is 1. The highest BCUT2D eigenvalue weighted by atomic mass is 16.5. The zero-order valence-electron chi connectivity index (χ0n) is 14.4. The summed E-state index contributed by atoms with van der Waals surface area (Å²) in [7, 11) is 0. The molecule has 0 bridgehead atoms. The van der Waals surface area contributed by atoms with Crippen molar-refractivity contribution in [2.24, 2.45) is 5.92 Å². The Bertz CT molecular complexity index is 256. The first kappa shape index (κ1) is 18.5. The molecule has 1 aliphatic carbocycles. The van der Waals surface area contributed by atoms with E-state index >= 15 is 0 Å². The molecule has 1 aliphatic rings. The van der Waals surface area contributed by atoms with Crippen molar-refractivity contribution >= 4 is 5.97 Å². The van der Waals surface area contributed by atoms with Crippen LogP contribution < -0.4 is 0 Å². The van der Waals surface area contributed by atoms with E-state index in [1.807, 2.05) is 0 Å². The standard InChI is InChI=1S/C19H36O2/c1-3-4-5-6-7-8-9-10-11-16-19(20)21-17(2)18-14-12-13-15-18/h17-18H,3-16H2,1-2H3. The molecule has 2 heteroatoms. The molecule has 0 aromatic rings. The van der Waals surface area contributed by atoms with Gasteiger partial charge in [0.15, 0.2) is 0 Å². The second kappa shape index (κ2) is 12.1. The number of rotatable bonds is 12. The predicted molar refractivity (Wildman–Crippen MR) is 89.4 cm³/mol. The van der Waals surface area contributed by atoms with Gasteiger partial charge >= 0.3 is 5.97 Å². The molecule has 0 radical (unpaired) electrons. The summed E-state index contributed by atoms with van der Waals surface area (Å²) in [5.74, 6) is 0.648. The average Bonchev–Trinajstić information content (AvgIpc) is 3.00. The van der Waals surface area contributed by atoms with E-state index < -0.39 is 0 Å². The van der Waals surface area contributed by atoms with Crippen molar-refractivity contribution in [3.8, 4) is 0 Å². The maximum Gasteiger partial charge on any atom is 0.306 e. The topological polar surface area (TPSA) is 26.3 Å². The van der Waals surface area contributed by atoms with Crippen molar-refractivity contribution in [3.63, 3.8) is 0 Å². The summed E-state index contributed by atoms with van der Waals surface area (Å²) in [5, 5.41) is 0. The lowest BCUT2D eigenvalue weighted by Gasteiger charge is -2.19. The van der Waals surface area contributed by atoms with Crippen molar-refractivity contribution < 1.29 is 9.53 Å². The Morgan fingerprint density at radius 2 is 1.48 bits per heavy atom. The first-order chi connectivity index (χ1) is 10.2. The zero-order valence-corrected chi connectivity index (χ0v) is 14.4. The predicted octanol–water partition coefficient (Wildman–Crippen LogP) is 6.03. The van der Waals surface area contributed by atoms with Crippen LogP contribution in [0.5, 0.6) is 0 Å². The van der Waals surface area contributed by atoms with Crippen LogP contribution in [0.15, 0.2) is 0 Å². The fraction of sp³-hybridized carbons (Fsp3) is 0.947. The van der Waals surface area contributed by atoms with Crippen LogP contribution in [0.25, 0.3) is 0 Å². The van der Waals surface area contributed by atoms with Gasteiger partial charge in [0, 0.05) is 6.42 Å². The second-order valence-electron chi connectivity index (χ2n) is 6.82. The smallest absolute Gasteiger partial charge is 0.306 e. The highest BCUT2D eigenvalue weighted by molar-refractivity contribution is 5.69. The van der Waals surface area contributed by atoms with Gasteiger partial charge in [-0.3, -0.25) is 4.79 Å². The van der Waals surface area contributed by atoms with E-state index in [9.17, 15) is 4.79 Å². The van der Waals surface area contributed by atoms with Gasteiger partial charge in [0.05, 0.1) is 0 Å². The molecule has 0 aliphatic heterocycles. The largest absolute Gasteiger partial charge is 0.462 e. The van der Waals surface area contributed by atoms with Crippen LogP contribution >= 0.6 is 0 Å². The van der Waals surface area contributed by atoms with Crippen LogP contribution in [0.3, 0.4) is 0 Å². The Labute approximate surface area is 132 Å². The molecule has 1 saturated carbocycles. The van der Waals surface area contributed by atoms with Crippen LogP contribution in [0.2, 0.25) is 0 Å². The van der Waals surface area contributed by atoms with Gasteiger partial charge in [0.25, 0.3) is 0 Å².